The highest BCUT2D eigenvalue weighted by Gasteiger charge is 2.26. The number of ether oxygens (including phenoxy) is 1. The lowest BCUT2D eigenvalue weighted by molar-refractivity contribution is 0.0466. The molecular formula is C17H14ClFN4O3. The first-order valence-corrected chi connectivity index (χ1v) is 7.96. The van der Waals surface area contributed by atoms with Crippen LogP contribution in [0.2, 0.25) is 5.02 Å². The Labute approximate surface area is 153 Å². The van der Waals surface area contributed by atoms with Gasteiger partial charge >= 0.3 is 5.97 Å². The standard InChI is InChI=1S/C17H14ClFN4O3/c1-3-7-23-8-11(20-22-23)9-25-17(24)14-10(2)26-21-16(14)15-12(18)5-4-6-13(15)19/h3-6,8H,1,7,9H2,2H3. The van der Waals surface area contributed by atoms with Crippen molar-refractivity contribution >= 4 is 17.6 Å². The fourth-order valence-electron chi connectivity index (χ4n) is 2.35. The van der Waals surface area contributed by atoms with Crippen LogP contribution in [0.4, 0.5) is 4.39 Å². The van der Waals surface area contributed by atoms with Crippen LogP contribution in [0.5, 0.6) is 0 Å². The van der Waals surface area contributed by atoms with Gasteiger partial charge in [-0.3, -0.25) is 0 Å². The molecule has 2 heterocycles. The summed E-state index contributed by atoms with van der Waals surface area (Å²) < 4.78 is 26.0. The van der Waals surface area contributed by atoms with Gasteiger partial charge < -0.3 is 9.26 Å². The minimum Gasteiger partial charge on any atom is -0.455 e. The first-order chi connectivity index (χ1) is 12.5. The number of aryl methyl sites for hydroxylation is 1. The van der Waals surface area contributed by atoms with Crippen molar-refractivity contribution < 1.29 is 18.4 Å². The van der Waals surface area contributed by atoms with E-state index in [9.17, 15) is 9.18 Å². The molecule has 7 nitrogen and oxygen atoms in total. The van der Waals surface area contributed by atoms with E-state index in [2.05, 4.69) is 22.0 Å². The lowest BCUT2D eigenvalue weighted by Crippen LogP contribution is -2.08. The normalized spacial score (nSPS) is 10.7. The largest absolute Gasteiger partial charge is 0.455 e. The van der Waals surface area contributed by atoms with Crippen molar-refractivity contribution in [1.29, 1.82) is 0 Å². The summed E-state index contributed by atoms with van der Waals surface area (Å²) >= 11 is 6.05. The van der Waals surface area contributed by atoms with Gasteiger partial charge in [-0.05, 0) is 19.1 Å². The number of nitrogens with zero attached hydrogens (tertiary/aromatic N) is 4. The molecular weight excluding hydrogens is 363 g/mol. The summed E-state index contributed by atoms with van der Waals surface area (Å²) in [5.41, 5.74) is 0.441. The van der Waals surface area contributed by atoms with Crippen LogP contribution in [-0.4, -0.2) is 26.1 Å². The second kappa shape index (κ2) is 7.49. The number of hydrogen-bond acceptors (Lipinski definition) is 6. The minimum atomic E-state index is -0.726. The van der Waals surface area contributed by atoms with Gasteiger partial charge in [-0.15, -0.1) is 11.7 Å². The number of rotatable bonds is 6. The molecule has 0 aliphatic carbocycles. The van der Waals surface area contributed by atoms with Crippen LogP contribution < -0.4 is 0 Å². The van der Waals surface area contributed by atoms with E-state index >= 15 is 0 Å². The number of esters is 1. The topological polar surface area (TPSA) is 83.0 Å². The number of aromatic nitrogens is 4. The molecule has 0 saturated carbocycles. The van der Waals surface area contributed by atoms with Gasteiger partial charge in [0.15, 0.2) is 0 Å². The quantitative estimate of drug-likeness (QED) is 0.483. The predicted octanol–water partition coefficient (Wildman–Crippen LogP) is 3.58. The van der Waals surface area contributed by atoms with Gasteiger partial charge in [-0.1, -0.05) is 34.1 Å². The number of halogens is 2. The molecule has 0 radical (unpaired) electrons. The molecule has 0 aliphatic heterocycles. The first kappa shape index (κ1) is 17.8. The molecule has 0 aliphatic rings. The van der Waals surface area contributed by atoms with Crippen molar-refractivity contribution in [1.82, 2.24) is 20.2 Å². The van der Waals surface area contributed by atoms with Gasteiger partial charge in [-0.25, -0.2) is 13.9 Å². The molecule has 2 aromatic heterocycles. The number of carbonyl (C=O) groups excluding carboxylic acids is 1. The zero-order valence-electron chi connectivity index (χ0n) is 13.8. The van der Waals surface area contributed by atoms with E-state index in [0.717, 1.165) is 0 Å². The Morgan fingerprint density at radius 3 is 3.04 bits per heavy atom. The third kappa shape index (κ3) is 3.50. The molecule has 3 rings (SSSR count). The Balaban J connectivity index is 1.84. The Kier molecular flexibility index (Phi) is 5.13. The van der Waals surface area contributed by atoms with Crippen molar-refractivity contribution in [2.75, 3.05) is 0 Å². The van der Waals surface area contributed by atoms with Crippen molar-refractivity contribution in [2.24, 2.45) is 0 Å². The summed E-state index contributed by atoms with van der Waals surface area (Å²) in [4.78, 5) is 12.5. The molecule has 26 heavy (non-hydrogen) atoms. The fraction of sp³-hybridized carbons (Fsp3) is 0.176. The predicted molar refractivity (Wildman–Crippen MR) is 91.0 cm³/mol. The monoisotopic (exact) mass is 376 g/mol. The zero-order valence-corrected chi connectivity index (χ0v) is 14.5. The summed E-state index contributed by atoms with van der Waals surface area (Å²) in [6.45, 7) is 5.51. The number of hydrogen-bond donors (Lipinski definition) is 0. The van der Waals surface area contributed by atoms with Crippen LogP contribution in [0.1, 0.15) is 21.8 Å². The second-order valence-electron chi connectivity index (χ2n) is 5.36. The number of carbonyl (C=O) groups is 1. The van der Waals surface area contributed by atoms with E-state index < -0.39 is 11.8 Å². The summed E-state index contributed by atoms with van der Waals surface area (Å²) in [5.74, 6) is -1.15. The van der Waals surface area contributed by atoms with Gasteiger partial charge in [0.1, 0.15) is 35.1 Å². The molecule has 134 valence electrons. The highest BCUT2D eigenvalue weighted by atomic mass is 35.5. The third-order valence-electron chi connectivity index (χ3n) is 3.52. The fourth-order valence-corrected chi connectivity index (χ4v) is 2.60. The van der Waals surface area contributed by atoms with E-state index in [-0.39, 0.29) is 34.2 Å². The van der Waals surface area contributed by atoms with Crippen LogP contribution in [-0.2, 0) is 17.9 Å². The molecule has 1 aromatic carbocycles. The lowest BCUT2D eigenvalue weighted by Gasteiger charge is -2.06. The highest BCUT2D eigenvalue weighted by Crippen LogP contribution is 2.33. The Morgan fingerprint density at radius 2 is 2.31 bits per heavy atom. The molecule has 0 N–H and O–H groups in total. The molecule has 0 amide bonds. The molecule has 0 unspecified atom stereocenters. The Hall–Kier alpha value is -3.00. The van der Waals surface area contributed by atoms with Crippen molar-refractivity contribution in [3.8, 4) is 11.3 Å². The lowest BCUT2D eigenvalue weighted by atomic mass is 10.1. The molecule has 0 atom stereocenters. The summed E-state index contributed by atoms with van der Waals surface area (Å²) in [5, 5.41) is 11.6. The summed E-state index contributed by atoms with van der Waals surface area (Å²) in [6.07, 6.45) is 3.29. The summed E-state index contributed by atoms with van der Waals surface area (Å²) in [6, 6.07) is 4.17. The van der Waals surface area contributed by atoms with E-state index in [0.29, 0.717) is 12.2 Å². The first-order valence-electron chi connectivity index (χ1n) is 7.59. The van der Waals surface area contributed by atoms with Crippen molar-refractivity contribution in [3.63, 3.8) is 0 Å². The maximum Gasteiger partial charge on any atom is 0.344 e. The van der Waals surface area contributed by atoms with E-state index in [1.807, 2.05) is 0 Å². The van der Waals surface area contributed by atoms with E-state index in [1.165, 1.54) is 25.1 Å². The highest BCUT2D eigenvalue weighted by molar-refractivity contribution is 6.33. The van der Waals surface area contributed by atoms with E-state index in [1.54, 1.807) is 17.0 Å². The number of benzene rings is 1. The maximum absolute atomic E-state index is 14.2. The SMILES string of the molecule is C=CCn1cc(COC(=O)c2c(-c3c(F)cccc3Cl)noc2C)nn1. The minimum absolute atomic E-state index is 0.00842. The third-order valence-corrected chi connectivity index (χ3v) is 3.83. The smallest absolute Gasteiger partial charge is 0.344 e. The van der Waals surface area contributed by atoms with Crippen LogP contribution in [0.15, 0.2) is 41.6 Å². The van der Waals surface area contributed by atoms with Gasteiger partial charge in [-0.2, -0.15) is 0 Å². The average Bonchev–Trinajstić information content (AvgIpc) is 3.20. The van der Waals surface area contributed by atoms with Crippen molar-refractivity contribution in [2.45, 2.75) is 20.1 Å². The van der Waals surface area contributed by atoms with Crippen LogP contribution in [0.25, 0.3) is 11.3 Å². The Morgan fingerprint density at radius 1 is 1.50 bits per heavy atom. The zero-order chi connectivity index (χ0) is 18.7. The number of allylic oxidation sites excluding steroid dienone is 1. The van der Waals surface area contributed by atoms with Crippen molar-refractivity contribution in [3.05, 3.63) is 64.9 Å². The van der Waals surface area contributed by atoms with E-state index in [4.69, 9.17) is 20.9 Å². The van der Waals surface area contributed by atoms with Crippen LogP contribution in [0.3, 0.4) is 0 Å². The molecule has 0 spiro atoms. The van der Waals surface area contributed by atoms with Gasteiger partial charge in [0, 0.05) is 0 Å². The van der Waals surface area contributed by atoms with Crippen LogP contribution in [0, 0.1) is 12.7 Å². The second-order valence-corrected chi connectivity index (χ2v) is 5.76. The average molecular weight is 377 g/mol. The van der Waals surface area contributed by atoms with Gasteiger partial charge in [0.2, 0.25) is 0 Å². The summed E-state index contributed by atoms with van der Waals surface area (Å²) in [7, 11) is 0. The van der Waals surface area contributed by atoms with Gasteiger partial charge in [0.25, 0.3) is 0 Å². The Bertz CT molecular complexity index is 947. The van der Waals surface area contributed by atoms with Gasteiger partial charge in [0.05, 0.1) is 23.3 Å². The molecule has 0 fully saturated rings. The molecule has 0 saturated heterocycles. The van der Waals surface area contributed by atoms with Crippen LogP contribution >= 0.6 is 11.6 Å². The molecule has 3 aromatic rings. The maximum atomic E-state index is 14.2. The molecule has 0 bridgehead atoms. The molecule has 9 heteroatoms.